The Morgan fingerprint density at radius 2 is 2.17 bits per heavy atom. The van der Waals surface area contributed by atoms with Crippen LogP contribution in [-0.2, 0) is 4.74 Å². The lowest BCUT2D eigenvalue weighted by atomic mass is 10.1. The minimum atomic E-state index is -0.585. The zero-order valence-electron chi connectivity index (χ0n) is 10.0. The van der Waals surface area contributed by atoms with Crippen LogP contribution >= 0.6 is 0 Å². The van der Waals surface area contributed by atoms with Gasteiger partial charge in [0.25, 0.3) is 0 Å². The largest absolute Gasteiger partial charge is 0.461 e. The van der Waals surface area contributed by atoms with Gasteiger partial charge in [0.1, 0.15) is 11.5 Å². The van der Waals surface area contributed by atoms with Crippen molar-refractivity contribution < 1.29 is 13.9 Å². The summed E-state index contributed by atoms with van der Waals surface area (Å²) in [5, 5.41) is 0.223. The van der Waals surface area contributed by atoms with Crippen molar-refractivity contribution in [1.82, 2.24) is 4.98 Å². The summed E-state index contributed by atoms with van der Waals surface area (Å²) in [5.74, 6) is -1.07. The lowest BCUT2D eigenvalue weighted by molar-refractivity contribution is 0.0519. The van der Waals surface area contributed by atoms with E-state index in [1.165, 1.54) is 19.1 Å². The van der Waals surface area contributed by atoms with Crippen molar-refractivity contribution in [2.24, 2.45) is 0 Å². The Labute approximate surface area is 102 Å². The van der Waals surface area contributed by atoms with Gasteiger partial charge >= 0.3 is 5.97 Å². The van der Waals surface area contributed by atoms with Gasteiger partial charge in [0, 0.05) is 10.9 Å². The quantitative estimate of drug-likeness (QED) is 0.829. The number of esters is 1. The van der Waals surface area contributed by atoms with E-state index in [0.717, 1.165) is 6.07 Å². The number of rotatable bonds is 2. The van der Waals surface area contributed by atoms with Crippen molar-refractivity contribution in [3.8, 4) is 0 Å². The lowest BCUT2D eigenvalue weighted by Gasteiger charge is -2.07. The highest BCUT2D eigenvalue weighted by Crippen LogP contribution is 2.13. The first kappa shape index (κ1) is 12.3. The summed E-state index contributed by atoms with van der Waals surface area (Å²) in [6.45, 7) is 3.42. The summed E-state index contributed by atoms with van der Waals surface area (Å²) in [7, 11) is 0. The number of nitrogens with one attached hydrogen (secondary N) is 1. The molecule has 1 heterocycles. The van der Waals surface area contributed by atoms with Crippen LogP contribution in [0.3, 0.4) is 0 Å². The van der Waals surface area contributed by atoms with Crippen LogP contribution in [-0.4, -0.2) is 17.6 Å². The van der Waals surface area contributed by atoms with Crippen LogP contribution in [0.2, 0.25) is 0 Å². The number of carbonyl (C=O) groups excluding carboxylic acids is 1. The summed E-state index contributed by atoms with van der Waals surface area (Å²) >= 11 is 0. The maximum Gasteiger partial charge on any atom is 0.355 e. The molecule has 0 atom stereocenters. The fourth-order valence-electron chi connectivity index (χ4n) is 1.76. The summed E-state index contributed by atoms with van der Waals surface area (Å²) < 4.78 is 17.9. The van der Waals surface area contributed by atoms with Crippen molar-refractivity contribution in [2.45, 2.75) is 13.8 Å². The number of benzene rings is 1. The molecule has 0 saturated heterocycles. The van der Waals surface area contributed by atoms with Gasteiger partial charge in [-0.1, -0.05) is 0 Å². The molecule has 0 amide bonds. The number of aromatic amines is 1. The molecule has 0 aliphatic carbocycles. The second-order valence-corrected chi connectivity index (χ2v) is 3.86. The zero-order chi connectivity index (χ0) is 13.3. The van der Waals surface area contributed by atoms with Crippen LogP contribution in [0.4, 0.5) is 4.39 Å². The molecule has 2 aromatic rings. The molecule has 0 aliphatic heterocycles. The van der Waals surface area contributed by atoms with E-state index in [4.69, 9.17) is 4.74 Å². The Morgan fingerprint density at radius 3 is 2.83 bits per heavy atom. The van der Waals surface area contributed by atoms with Gasteiger partial charge in [-0.25, -0.2) is 9.18 Å². The highest BCUT2D eigenvalue weighted by Gasteiger charge is 2.15. The SMILES string of the molecule is CCOC(=O)c1[nH]c2ccc(F)cc2c(=O)c1C. The van der Waals surface area contributed by atoms with Gasteiger partial charge in [-0.3, -0.25) is 4.79 Å². The van der Waals surface area contributed by atoms with E-state index in [2.05, 4.69) is 4.98 Å². The normalized spacial score (nSPS) is 10.6. The minimum Gasteiger partial charge on any atom is -0.461 e. The molecule has 1 aromatic heterocycles. The van der Waals surface area contributed by atoms with Crippen LogP contribution in [0.25, 0.3) is 10.9 Å². The summed E-state index contributed by atoms with van der Waals surface area (Å²) in [5.41, 5.74) is 0.383. The highest BCUT2D eigenvalue weighted by atomic mass is 19.1. The fraction of sp³-hybridized carbons (Fsp3) is 0.231. The lowest BCUT2D eigenvalue weighted by Crippen LogP contribution is -2.17. The number of hydrogen-bond donors (Lipinski definition) is 1. The number of carbonyl (C=O) groups is 1. The number of aromatic nitrogens is 1. The first-order valence-corrected chi connectivity index (χ1v) is 5.54. The minimum absolute atomic E-state index is 0.112. The van der Waals surface area contributed by atoms with E-state index < -0.39 is 11.8 Å². The molecule has 0 saturated carbocycles. The van der Waals surface area contributed by atoms with Gasteiger partial charge < -0.3 is 9.72 Å². The van der Waals surface area contributed by atoms with E-state index in [9.17, 15) is 14.0 Å². The van der Waals surface area contributed by atoms with Crippen molar-refractivity contribution in [3.63, 3.8) is 0 Å². The number of fused-ring (bicyclic) bond motifs is 1. The Hall–Kier alpha value is -2.17. The van der Waals surface area contributed by atoms with E-state index in [0.29, 0.717) is 5.52 Å². The molecule has 0 aliphatic rings. The van der Waals surface area contributed by atoms with Gasteiger partial charge in [-0.2, -0.15) is 0 Å². The third kappa shape index (κ3) is 1.99. The predicted octanol–water partition coefficient (Wildman–Crippen LogP) is 2.15. The van der Waals surface area contributed by atoms with Crippen LogP contribution < -0.4 is 5.43 Å². The standard InChI is InChI=1S/C13H12FNO3/c1-3-18-13(17)11-7(2)12(16)9-6-8(14)4-5-10(9)15-11/h4-6H,3H2,1-2H3,(H,15,16). The molecular weight excluding hydrogens is 237 g/mol. The molecule has 0 bridgehead atoms. The number of halogens is 1. The maximum absolute atomic E-state index is 13.1. The molecule has 18 heavy (non-hydrogen) atoms. The predicted molar refractivity (Wildman–Crippen MR) is 65.2 cm³/mol. The van der Waals surface area contributed by atoms with E-state index in [1.807, 2.05) is 0 Å². The fourth-order valence-corrected chi connectivity index (χ4v) is 1.76. The van der Waals surface area contributed by atoms with Gasteiger partial charge in [-0.05, 0) is 32.0 Å². The molecule has 4 nitrogen and oxygen atoms in total. The van der Waals surface area contributed by atoms with Crippen LogP contribution in [0.1, 0.15) is 23.0 Å². The molecule has 0 fully saturated rings. The van der Waals surface area contributed by atoms with Crippen LogP contribution in [0, 0.1) is 12.7 Å². The summed E-state index contributed by atoms with van der Waals surface area (Å²) in [6.07, 6.45) is 0. The van der Waals surface area contributed by atoms with E-state index in [-0.39, 0.29) is 28.7 Å². The average Bonchev–Trinajstić information content (AvgIpc) is 2.34. The molecule has 0 unspecified atom stereocenters. The van der Waals surface area contributed by atoms with Crippen molar-refractivity contribution in [1.29, 1.82) is 0 Å². The average molecular weight is 249 g/mol. The molecule has 1 N–H and O–H groups in total. The Kier molecular flexibility index (Phi) is 3.14. The van der Waals surface area contributed by atoms with E-state index >= 15 is 0 Å². The number of H-pyrrole nitrogens is 1. The third-order valence-corrected chi connectivity index (χ3v) is 2.68. The number of hydrogen-bond acceptors (Lipinski definition) is 3. The van der Waals surface area contributed by atoms with Crippen molar-refractivity contribution >= 4 is 16.9 Å². The summed E-state index contributed by atoms with van der Waals surface area (Å²) in [4.78, 5) is 26.5. The molecule has 5 heteroatoms. The van der Waals surface area contributed by atoms with Gasteiger partial charge in [0.2, 0.25) is 0 Å². The molecule has 0 spiro atoms. The smallest absolute Gasteiger partial charge is 0.355 e. The van der Waals surface area contributed by atoms with Crippen LogP contribution in [0.15, 0.2) is 23.0 Å². The topological polar surface area (TPSA) is 59.2 Å². The second-order valence-electron chi connectivity index (χ2n) is 3.86. The molecule has 0 radical (unpaired) electrons. The Bertz CT molecular complexity index is 676. The van der Waals surface area contributed by atoms with Crippen LogP contribution in [0.5, 0.6) is 0 Å². The van der Waals surface area contributed by atoms with Crippen molar-refractivity contribution in [2.75, 3.05) is 6.61 Å². The van der Waals surface area contributed by atoms with Gasteiger partial charge in [-0.15, -0.1) is 0 Å². The van der Waals surface area contributed by atoms with Gasteiger partial charge in [0.15, 0.2) is 5.43 Å². The number of pyridine rings is 1. The number of ether oxygens (including phenoxy) is 1. The third-order valence-electron chi connectivity index (χ3n) is 2.68. The van der Waals surface area contributed by atoms with Gasteiger partial charge in [0.05, 0.1) is 12.1 Å². The molecule has 94 valence electrons. The van der Waals surface area contributed by atoms with E-state index in [1.54, 1.807) is 6.92 Å². The Morgan fingerprint density at radius 1 is 1.44 bits per heavy atom. The Balaban J connectivity index is 2.72. The second kappa shape index (κ2) is 4.60. The highest BCUT2D eigenvalue weighted by molar-refractivity contribution is 5.92. The zero-order valence-corrected chi connectivity index (χ0v) is 10.0. The monoisotopic (exact) mass is 249 g/mol. The molecule has 2 rings (SSSR count). The van der Waals surface area contributed by atoms with Crippen molar-refractivity contribution in [3.05, 3.63) is 45.5 Å². The first-order chi connectivity index (χ1) is 8.54. The first-order valence-electron chi connectivity index (χ1n) is 5.54. The molecule has 1 aromatic carbocycles. The summed E-state index contributed by atoms with van der Waals surface area (Å²) in [6, 6.07) is 3.80. The maximum atomic E-state index is 13.1. The molecular formula is C13H12FNO3.